The Morgan fingerprint density at radius 2 is 1.90 bits per heavy atom. The van der Waals surface area contributed by atoms with Gasteiger partial charge in [-0.1, -0.05) is 26.7 Å². The summed E-state index contributed by atoms with van der Waals surface area (Å²) in [4.78, 5) is 0.144. The van der Waals surface area contributed by atoms with Crippen molar-refractivity contribution >= 4 is 10.0 Å². The largest absolute Gasteiger partial charge is 0.496 e. The van der Waals surface area contributed by atoms with Gasteiger partial charge in [-0.05, 0) is 31.0 Å². The van der Waals surface area contributed by atoms with Gasteiger partial charge in [0.2, 0.25) is 10.0 Å². The van der Waals surface area contributed by atoms with E-state index in [1.54, 1.807) is 6.07 Å². The molecule has 0 aliphatic heterocycles. The van der Waals surface area contributed by atoms with Gasteiger partial charge >= 0.3 is 0 Å². The molecule has 0 fully saturated rings. The van der Waals surface area contributed by atoms with E-state index in [4.69, 9.17) is 4.74 Å². The van der Waals surface area contributed by atoms with Crippen LogP contribution in [0, 0.1) is 5.92 Å². The first kappa shape index (κ1) is 17.9. The zero-order valence-corrected chi connectivity index (χ0v) is 13.9. The van der Waals surface area contributed by atoms with Gasteiger partial charge in [-0.2, -0.15) is 0 Å². The number of hydrogen-bond donors (Lipinski definition) is 2. The molecular weight excluding hydrogens is 290 g/mol. The van der Waals surface area contributed by atoms with Crippen LogP contribution in [0.25, 0.3) is 0 Å². The van der Waals surface area contributed by atoms with Gasteiger partial charge in [0.1, 0.15) is 5.75 Å². The van der Waals surface area contributed by atoms with Gasteiger partial charge in [0.15, 0.2) is 0 Å². The fourth-order valence-corrected chi connectivity index (χ4v) is 3.81. The minimum atomic E-state index is -3.60. The summed E-state index contributed by atoms with van der Waals surface area (Å²) in [5, 5.41) is 9.29. The normalized spacial score (nSPS) is 13.4. The molecule has 2 N–H and O–H groups in total. The third-order valence-electron chi connectivity index (χ3n) is 3.83. The molecule has 0 aromatic heterocycles. The lowest BCUT2D eigenvalue weighted by Crippen LogP contribution is -2.37. The lowest BCUT2D eigenvalue weighted by molar-refractivity contribution is 0.273. The average molecular weight is 315 g/mol. The second-order valence-electron chi connectivity index (χ2n) is 5.12. The molecule has 0 saturated carbocycles. The highest BCUT2D eigenvalue weighted by molar-refractivity contribution is 7.89. The van der Waals surface area contributed by atoms with Crippen LogP contribution in [0.1, 0.15) is 39.2 Å². The fourth-order valence-electron chi connectivity index (χ4n) is 2.45. The van der Waals surface area contributed by atoms with E-state index in [0.717, 1.165) is 12.8 Å². The Hall–Kier alpha value is -1.11. The van der Waals surface area contributed by atoms with Gasteiger partial charge in [0.25, 0.3) is 0 Å². The Kier molecular flexibility index (Phi) is 6.64. The molecule has 0 bridgehead atoms. The maximum atomic E-state index is 12.4. The number of nitrogens with one attached hydrogen (secondary N) is 1. The lowest BCUT2D eigenvalue weighted by atomic mass is 9.96. The Morgan fingerprint density at radius 3 is 2.38 bits per heavy atom. The van der Waals surface area contributed by atoms with E-state index in [1.165, 1.54) is 19.2 Å². The first-order valence-corrected chi connectivity index (χ1v) is 8.68. The maximum absolute atomic E-state index is 12.4. The van der Waals surface area contributed by atoms with Crippen LogP contribution < -0.4 is 9.46 Å². The summed E-state index contributed by atoms with van der Waals surface area (Å²) in [6.45, 7) is 5.72. The van der Waals surface area contributed by atoms with Crippen LogP contribution in [0.4, 0.5) is 0 Å². The van der Waals surface area contributed by atoms with Crippen molar-refractivity contribution in [1.29, 1.82) is 0 Å². The Labute approximate surface area is 127 Å². The number of rotatable bonds is 8. The van der Waals surface area contributed by atoms with E-state index in [9.17, 15) is 13.5 Å². The molecule has 0 amide bonds. The molecule has 1 rings (SSSR count). The van der Waals surface area contributed by atoms with E-state index >= 15 is 0 Å². The van der Waals surface area contributed by atoms with Crippen molar-refractivity contribution in [3.05, 3.63) is 23.8 Å². The molecule has 1 atom stereocenters. The molecule has 0 radical (unpaired) electrons. The highest BCUT2D eigenvalue weighted by Crippen LogP contribution is 2.23. The minimum absolute atomic E-state index is 0.135. The van der Waals surface area contributed by atoms with Crippen molar-refractivity contribution in [2.24, 2.45) is 5.92 Å². The SMILES string of the molecule is CCC(CC)C(C)NS(=O)(=O)c1ccc(OC)c(CO)c1. The standard InChI is InChI=1S/C15H25NO4S/c1-5-12(6-2)11(3)16-21(18,19)14-7-8-15(20-4)13(9-14)10-17/h7-9,11-12,16-17H,5-6,10H2,1-4H3. The van der Waals surface area contributed by atoms with E-state index in [-0.39, 0.29) is 17.5 Å². The number of ether oxygens (including phenoxy) is 1. The van der Waals surface area contributed by atoms with Crippen LogP contribution in [0.2, 0.25) is 0 Å². The van der Waals surface area contributed by atoms with Gasteiger partial charge < -0.3 is 9.84 Å². The summed E-state index contributed by atoms with van der Waals surface area (Å²) in [6, 6.07) is 4.35. The van der Waals surface area contributed by atoms with Crippen LogP contribution in [0.15, 0.2) is 23.1 Å². The Balaban J connectivity index is 3.03. The molecule has 6 heteroatoms. The molecule has 5 nitrogen and oxygen atoms in total. The molecule has 1 aromatic rings. The van der Waals surface area contributed by atoms with Crippen LogP contribution in [0.3, 0.4) is 0 Å². The van der Waals surface area contributed by atoms with E-state index in [1.807, 2.05) is 6.92 Å². The summed E-state index contributed by atoms with van der Waals surface area (Å²) in [7, 11) is -2.12. The fraction of sp³-hybridized carbons (Fsp3) is 0.600. The van der Waals surface area contributed by atoms with Crippen molar-refractivity contribution in [3.8, 4) is 5.75 Å². The average Bonchev–Trinajstić information content (AvgIpc) is 2.47. The predicted octanol–water partition coefficient (Wildman–Crippen LogP) is 2.29. The maximum Gasteiger partial charge on any atom is 0.240 e. The topological polar surface area (TPSA) is 75.6 Å². The van der Waals surface area contributed by atoms with Crippen LogP contribution >= 0.6 is 0 Å². The van der Waals surface area contributed by atoms with E-state index in [0.29, 0.717) is 17.2 Å². The molecule has 0 spiro atoms. The van der Waals surface area contributed by atoms with Gasteiger partial charge in [-0.25, -0.2) is 13.1 Å². The van der Waals surface area contributed by atoms with Crippen molar-refractivity contribution < 1.29 is 18.3 Å². The van der Waals surface area contributed by atoms with Crippen LogP contribution in [-0.2, 0) is 16.6 Å². The predicted molar refractivity (Wildman–Crippen MR) is 82.8 cm³/mol. The number of hydrogen-bond acceptors (Lipinski definition) is 4. The van der Waals surface area contributed by atoms with Gasteiger partial charge in [0, 0.05) is 11.6 Å². The van der Waals surface area contributed by atoms with Crippen molar-refractivity contribution in [2.45, 2.75) is 51.2 Å². The molecule has 1 aromatic carbocycles. The molecular formula is C15H25NO4S. The zero-order valence-electron chi connectivity index (χ0n) is 13.1. The first-order chi connectivity index (χ1) is 9.89. The van der Waals surface area contributed by atoms with Crippen LogP contribution in [-0.4, -0.2) is 26.7 Å². The van der Waals surface area contributed by atoms with Crippen molar-refractivity contribution in [2.75, 3.05) is 7.11 Å². The highest BCUT2D eigenvalue weighted by atomic mass is 32.2. The van der Waals surface area contributed by atoms with Crippen LogP contribution in [0.5, 0.6) is 5.75 Å². The minimum Gasteiger partial charge on any atom is -0.496 e. The lowest BCUT2D eigenvalue weighted by Gasteiger charge is -2.22. The van der Waals surface area contributed by atoms with Gasteiger partial charge in [0.05, 0.1) is 18.6 Å². The monoisotopic (exact) mass is 315 g/mol. The molecule has 21 heavy (non-hydrogen) atoms. The number of sulfonamides is 1. The van der Waals surface area contributed by atoms with Gasteiger partial charge in [-0.15, -0.1) is 0 Å². The number of benzene rings is 1. The van der Waals surface area contributed by atoms with Crippen molar-refractivity contribution in [1.82, 2.24) is 4.72 Å². The number of aliphatic hydroxyl groups is 1. The summed E-state index contributed by atoms with van der Waals surface area (Å²) < 4.78 is 32.6. The van der Waals surface area contributed by atoms with E-state index in [2.05, 4.69) is 18.6 Å². The van der Waals surface area contributed by atoms with Gasteiger partial charge in [-0.3, -0.25) is 0 Å². The molecule has 120 valence electrons. The van der Waals surface area contributed by atoms with Crippen molar-refractivity contribution in [3.63, 3.8) is 0 Å². The molecule has 1 unspecified atom stereocenters. The summed E-state index contributed by atoms with van der Waals surface area (Å²) in [5.41, 5.74) is 0.454. The summed E-state index contributed by atoms with van der Waals surface area (Å²) in [5.74, 6) is 0.778. The van der Waals surface area contributed by atoms with E-state index < -0.39 is 10.0 Å². The molecule has 0 aliphatic carbocycles. The number of aliphatic hydroxyl groups excluding tert-OH is 1. The summed E-state index contributed by atoms with van der Waals surface area (Å²) in [6.07, 6.45) is 1.84. The zero-order chi connectivity index (χ0) is 16.0. The Morgan fingerprint density at radius 1 is 1.29 bits per heavy atom. The molecule has 0 heterocycles. The highest BCUT2D eigenvalue weighted by Gasteiger charge is 2.22. The summed E-state index contributed by atoms with van der Waals surface area (Å²) >= 11 is 0. The second kappa shape index (κ2) is 7.77. The molecule has 0 saturated heterocycles. The third-order valence-corrected chi connectivity index (χ3v) is 5.39. The number of methoxy groups -OCH3 is 1. The first-order valence-electron chi connectivity index (χ1n) is 7.19. The smallest absolute Gasteiger partial charge is 0.240 e. The quantitative estimate of drug-likeness (QED) is 0.772. The molecule has 0 aliphatic rings. The Bertz CT molecular complexity index is 553. The second-order valence-corrected chi connectivity index (χ2v) is 6.83. The third kappa shape index (κ3) is 4.43.